The van der Waals surface area contributed by atoms with Crippen molar-refractivity contribution in [1.82, 2.24) is 25.0 Å². The molecule has 0 bridgehead atoms. The van der Waals surface area contributed by atoms with Gasteiger partial charge in [-0.05, 0) is 41.7 Å². The molecule has 0 radical (unpaired) electrons. The molecule has 0 spiro atoms. The van der Waals surface area contributed by atoms with Crippen LogP contribution in [0.1, 0.15) is 50.9 Å². The Labute approximate surface area is 330 Å². The average molecular weight is 821 g/mol. The van der Waals surface area contributed by atoms with Gasteiger partial charge >= 0.3 is 12.1 Å². The molecule has 0 saturated carbocycles. The number of hydrogen-bond donors (Lipinski definition) is 5. The fraction of sp³-hybridized carbons (Fsp3) is 0.385. The van der Waals surface area contributed by atoms with Gasteiger partial charge in [-0.25, -0.2) is 13.6 Å². The van der Waals surface area contributed by atoms with E-state index in [1.807, 2.05) is 55.7 Å². The Hall–Kier alpha value is -5.95. The Kier molecular flexibility index (Phi) is 16.4. The zero-order valence-electron chi connectivity index (χ0n) is 31.9. The van der Waals surface area contributed by atoms with Crippen LogP contribution in [0.4, 0.5) is 22.0 Å². The first-order chi connectivity index (χ1) is 27.1. The second kappa shape index (κ2) is 20.5. The van der Waals surface area contributed by atoms with Gasteiger partial charge in [0, 0.05) is 74.3 Å². The van der Waals surface area contributed by atoms with Gasteiger partial charge in [0.05, 0.1) is 12.1 Å². The number of amides is 5. The molecule has 3 aromatic rings. The van der Waals surface area contributed by atoms with Crippen LogP contribution in [0.25, 0.3) is 11.1 Å². The van der Waals surface area contributed by atoms with Crippen LogP contribution in [-0.2, 0) is 35.3 Å². The molecular formula is C39H45F5N6O8. The van der Waals surface area contributed by atoms with Gasteiger partial charge in [-0.3, -0.25) is 28.9 Å². The fourth-order valence-electron chi connectivity index (χ4n) is 5.98. The first-order valence-corrected chi connectivity index (χ1v) is 17.9. The van der Waals surface area contributed by atoms with E-state index in [9.17, 15) is 51.0 Å². The summed E-state index contributed by atoms with van der Waals surface area (Å²) in [5.74, 6) is -6.47. The number of carboxylic acids is 1. The summed E-state index contributed by atoms with van der Waals surface area (Å²) < 4.78 is 62.9. The van der Waals surface area contributed by atoms with E-state index in [-0.39, 0.29) is 44.6 Å². The molecule has 0 fully saturated rings. The van der Waals surface area contributed by atoms with E-state index in [0.29, 0.717) is 17.8 Å². The second-order valence-corrected chi connectivity index (χ2v) is 14.2. The number of aliphatic hydroxyl groups is 1. The number of hydrogen-bond acceptors (Lipinski definition) is 8. The third-order valence-corrected chi connectivity index (χ3v) is 8.70. The molecule has 2 heterocycles. The van der Waals surface area contributed by atoms with E-state index in [1.165, 1.54) is 4.90 Å². The highest BCUT2D eigenvalue weighted by Crippen LogP contribution is 2.41. The maximum atomic E-state index is 15.0. The summed E-state index contributed by atoms with van der Waals surface area (Å²) in [6.45, 7) is 5.33. The number of halogens is 5. The van der Waals surface area contributed by atoms with E-state index in [0.717, 1.165) is 40.8 Å². The van der Waals surface area contributed by atoms with Gasteiger partial charge in [-0.1, -0.05) is 51.1 Å². The molecule has 0 saturated heterocycles. The van der Waals surface area contributed by atoms with Gasteiger partial charge in [0.1, 0.15) is 18.2 Å². The number of carboxylic acid groups (broad SMARTS) is 1. The minimum Gasteiger partial charge on any atom is -0.475 e. The number of nitrogens with zero attached hydrogens (tertiary/aromatic N) is 3. The quantitative estimate of drug-likeness (QED) is 0.0817. The number of rotatable bonds is 16. The van der Waals surface area contributed by atoms with Crippen molar-refractivity contribution in [3.05, 3.63) is 95.8 Å². The average Bonchev–Trinajstić information content (AvgIpc) is 3.71. The van der Waals surface area contributed by atoms with Crippen LogP contribution in [0.2, 0.25) is 0 Å². The molecular weight excluding hydrogens is 775 g/mol. The Bertz CT molecular complexity index is 1960. The van der Waals surface area contributed by atoms with Crippen molar-refractivity contribution in [3.63, 3.8) is 0 Å². The number of aromatic nitrogens is 1. The lowest BCUT2D eigenvalue weighted by atomic mass is 9.82. The van der Waals surface area contributed by atoms with Gasteiger partial charge in [0.25, 0.3) is 11.8 Å². The van der Waals surface area contributed by atoms with Crippen LogP contribution >= 0.6 is 0 Å². The van der Waals surface area contributed by atoms with Crippen LogP contribution in [0, 0.1) is 17.0 Å². The summed E-state index contributed by atoms with van der Waals surface area (Å²) in [4.78, 5) is 73.0. The first kappa shape index (κ1) is 46.4. The topological polar surface area (TPSA) is 204 Å². The van der Waals surface area contributed by atoms with Crippen LogP contribution in [-0.4, -0.2) is 105 Å². The van der Waals surface area contributed by atoms with Gasteiger partial charge in [-0.2, -0.15) is 13.2 Å². The van der Waals surface area contributed by atoms with Crippen molar-refractivity contribution in [2.24, 2.45) is 11.1 Å². The Morgan fingerprint density at radius 1 is 0.914 bits per heavy atom. The van der Waals surface area contributed by atoms with Crippen molar-refractivity contribution in [2.75, 3.05) is 32.8 Å². The molecule has 1 aliphatic heterocycles. The molecule has 2 aromatic carbocycles. The molecule has 0 aliphatic carbocycles. The number of imide groups is 1. The lowest BCUT2D eigenvalue weighted by molar-refractivity contribution is -0.192. The van der Waals surface area contributed by atoms with Crippen LogP contribution in [0.3, 0.4) is 0 Å². The standard InChI is InChI=1S/C37H44F2N6O6.C2HF3O2/c1-37(2,3)35(30-19-25(27-20-26(38)9-10-28(27)39)22-43(30)21-24-7-5-4-6-8-24)45(34(50)23-46)17-13-29(40)36(51)42-16-15-41-31(47)14-18-44-32(48)11-12-33(44)49;3-2(4,5)1(6)7/h4-12,19-20,22,29,35,46H,13-18,21,23,40H2,1-3H3,(H,41,47)(H,42,51);(H,6,7). The third-order valence-electron chi connectivity index (χ3n) is 8.70. The summed E-state index contributed by atoms with van der Waals surface area (Å²) in [7, 11) is 0. The number of alkyl halides is 3. The van der Waals surface area contributed by atoms with Gasteiger partial charge in [0.15, 0.2) is 0 Å². The van der Waals surface area contributed by atoms with Gasteiger partial charge < -0.3 is 36.0 Å². The summed E-state index contributed by atoms with van der Waals surface area (Å²) >= 11 is 0. The van der Waals surface area contributed by atoms with Crippen molar-refractivity contribution in [2.45, 2.75) is 58.4 Å². The van der Waals surface area contributed by atoms with Crippen molar-refractivity contribution in [1.29, 1.82) is 0 Å². The summed E-state index contributed by atoms with van der Waals surface area (Å²) in [5, 5.41) is 22.4. The number of benzene rings is 2. The van der Waals surface area contributed by atoms with E-state index < -0.39 is 77.4 Å². The predicted molar refractivity (Wildman–Crippen MR) is 199 cm³/mol. The van der Waals surface area contributed by atoms with Crippen LogP contribution in [0.5, 0.6) is 0 Å². The highest BCUT2D eigenvalue weighted by molar-refractivity contribution is 6.13. The highest BCUT2D eigenvalue weighted by Gasteiger charge is 2.39. The van der Waals surface area contributed by atoms with Crippen molar-refractivity contribution >= 4 is 35.5 Å². The van der Waals surface area contributed by atoms with E-state index in [4.69, 9.17) is 15.6 Å². The number of nitrogens with one attached hydrogen (secondary N) is 2. The third kappa shape index (κ3) is 13.3. The zero-order valence-corrected chi connectivity index (χ0v) is 31.9. The molecule has 5 amide bonds. The Morgan fingerprint density at radius 2 is 1.52 bits per heavy atom. The number of nitrogens with two attached hydrogens (primary N) is 1. The zero-order chi connectivity index (χ0) is 43.4. The summed E-state index contributed by atoms with van der Waals surface area (Å²) in [5.41, 5.74) is 7.57. The summed E-state index contributed by atoms with van der Waals surface area (Å²) in [6.07, 6.45) is -1.17. The van der Waals surface area contributed by atoms with Crippen LogP contribution in [0.15, 0.2) is 72.9 Å². The molecule has 58 heavy (non-hydrogen) atoms. The maximum Gasteiger partial charge on any atom is 0.490 e. The maximum absolute atomic E-state index is 15.0. The minimum atomic E-state index is -5.08. The monoisotopic (exact) mass is 820 g/mol. The molecule has 1 aliphatic rings. The Balaban J connectivity index is 0.00000117. The van der Waals surface area contributed by atoms with Crippen LogP contribution < -0.4 is 16.4 Å². The first-order valence-electron chi connectivity index (χ1n) is 17.9. The van der Waals surface area contributed by atoms with Crippen molar-refractivity contribution in [3.8, 4) is 11.1 Å². The van der Waals surface area contributed by atoms with E-state index in [1.54, 1.807) is 12.3 Å². The van der Waals surface area contributed by atoms with Gasteiger partial charge in [-0.15, -0.1) is 0 Å². The lowest BCUT2D eigenvalue weighted by Gasteiger charge is -2.41. The lowest BCUT2D eigenvalue weighted by Crippen LogP contribution is -2.48. The largest absolute Gasteiger partial charge is 0.490 e. The number of aliphatic hydroxyl groups excluding tert-OH is 1. The molecule has 4 rings (SSSR count). The number of carbonyl (C=O) groups excluding carboxylic acids is 5. The molecule has 2 unspecified atom stereocenters. The fourth-order valence-corrected chi connectivity index (χ4v) is 5.98. The SMILES string of the molecule is CC(C)(C)C(c1cc(-c2cc(F)ccc2F)cn1Cc1ccccc1)N(CCC(N)C(=O)NCCNC(=O)CCN1C(=O)C=CC1=O)C(=O)CO.O=C(O)C(F)(F)F. The molecule has 2 atom stereocenters. The van der Waals surface area contributed by atoms with E-state index >= 15 is 0 Å². The number of aliphatic carboxylic acids is 1. The molecule has 314 valence electrons. The van der Waals surface area contributed by atoms with Gasteiger partial charge in [0.2, 0.25) is 17.7 Å². The highest BCUT2D eigenvalue weighted by atomic mass is 19.4. The van der Waals surface area contributed by atoms with Crippen molar-refractivity contribution < 1.29 is 60.9 Å². The molecule has 6 N–H and O–H groups in total. The predicted octanol–water partition coefficient (Wildman–Crippen LogP) is 3.29. The van der Waals surface area contributed by atoms with E-state index in [2.05, 4.69) is 10.6 Å². The summed E-state index contributed by atoms with van der Waals surface area (Å²) in [6, 6.07) is 12.7. The minimum absolute atomic E-state index is 0.0182. The molecule has 1 aromatic heterocycles. The number of carbonyl (C=O) groups is 6. The molecule has 14 nitrogen and oxygen atoms in total. The smallest absolute Gasteiger partial charge is 0.475 e. The second-order valence-electron chi connectivity index (χ2n) is 14.2. The molecule has 19 heteroatoms. The normalized spacial score (nSPS) is 13.7. The Morgan fingerprint density at radius 3 is 2.09 bits per heavy atom.